The first-order valence-corrected chi connectivity index (χ1v) is 10.8. The lowest BCUT2D eigenvalue weighted by Gasteiger charge is -2.38. The van der Waals surface area contributed by atoms with Gasteiger partial charge in [-0.25, -0.2) is 0 Å². The first kappa shape index (κ1) is 22.7. The molecule has 0 bridgehead atoms. The van der Waals surface area contributed by atoms with Crippen molar-refractivity contribution >= 4 is 10.9 Å². The highest BCUT2D eigenvalue weighted by Gasteiger charge is 2.45. The van der Waals surface area contributed by atoms with E-state index in [4.69, 9.17) is 14.5 Å². The average Bonchev–Trinajstić information content (AvgIpc) is 3.21. The second-order valence-corrected chi connectivity index (χ2v) is 8.11. The first-order valence-electron chi connectivity index (χ1n) is 10.8. The van der Waals surface area contributed by atoms with Gasteiger partial charge < -0.3 is 35.0 Å². The molecule has 0 unspecified atom stereocenters. The lowest BCUT2D eigenvalue weighted by atomic mass is 9.99. The van der Waals surface area contributed by atoms with Gasteiger partial charge in [-0.15, -0.1) is 0 Å². The molecule has 172 valence electrons. The standard InChI is InChI=1S/C24H29NO7/c1-2-4-14-7-9-15(10-8-14)11-16-12-25-17-5-3-6-18(20(16)17)31-32-23-22(28)21(27)19(13-26)30-24(23)29/h3,5-10,12,19,21-29H,2,4,11,13H2,1H3/t19-,21-,22+,23-,24-/m1/s1. The fourth-order valence-electron chi connectivity index (χ4n) is 4.04. The van der Waals surface area contributed by atoms with Gasteiger partial charge in [-0.05, 0) is 41.7 Å². The molecule has 5 atom stereocenters. The van der Waals surface area contributed by atoms with E-state index in [-0.39, 0.29) is 0 Å². The molecule has 0 saturated carbocycles. The van der Waals surface area contributed by atoms with Crippen LogP contribution in [0, 0.1) is 0 Å². The lowest BCUT2D eigenvalue weighted by Crippen LogP contribution is -2.59. The second-order valence-electron chi connectivity index (χ2n) is 8.11. The molecule has 4 rings (SSSR count). The van der Waals surface area contributed by atoms with Crippen molar-refractivity contribution in [3.63, 3.8) is 0 Å². The SMILES string of the molecule is CCCc1ccc(Cc2c[nH]c3cccc(OO[C@@H]4[C@@H](O)[C@H](O)[C@@H](CO)O[C@H]4O)c23)cc1. The molecule has 0 aliphatic carbocycles. The fourth-order valence-corrected chi connectivity index (χ4v) is 4.04. The number of H-pyrrole nitrogens is 1. The van der Waals surface area contributed by atoms with Crippen LogP contribution in [0.1, 0.15) is 30.0 Å². The van der Waals surface area contributed by atoms with Gasteiger partial charge >= 0.3 is 0 Å². The molecule has 5 N–H and O–H groups in total. The zero-order valence-electron chi connectivity index (χ0n) is 17.8. The summed E-state index contributed by atoms with van der Waals surface area (Å²) < 4.78 is 5.11. The van der Waals surface area contributed by atoms with Crippen LogP contribution in [0.25, 0.3) is 10.9 Å². The van der Waals surface area contributed by atoms with Crippen molar-refractivity contribution in [3.8, 4) is 5.75 Å². The molecule has 1 aliphatic heterocycles. The second kappa shape index (κ2) is 9.99. The van der Waals surface area contributed by atoms with E-state index < -0.39 is 37.3 Å². The zero-order chi connectivity index (χ0) is 22.7. The van der Waals surface area contributed by atoms with Crippen molar-refractivity contribution < 1.29 is 34.9 Å². The van der Waals surface area contributed by atoms with Gasteiger partial charge in [-0.1, -0.05) is 43.7 Å². The van der Waals surface area contributed by atoms with E-state index in [1.807, 2.05) is 12.3 Å². The third kappa shape index (κ3) is 4.66. The van der Waals surface area contributed by atoms with Crippen LogP contribution in [0.3, 0.4) is 0 Å². The number of aryl methyl sites for hydroxylation is 1. The number of aliphatic hydroxyl groups is 4. The van der Waals surface area contributed by atoms with E-state index in [9.17, 15) is 20.4 Å². The average molecular weight is 443 g/mol. The van der Waals surface area contributed by atoms with E-state index in [0.717, 1.165) is 34.9 Å². The Balaban J connectivity index is 1.52. The Morgan fingerprint density at radius 1 is 1.00 bits per heavy atom. The summed E-state index contributed by atoms with van der Waals surface area (Å²) in [5, 5.41) is 40.4. The molecule has 1 aromatic heterocycles. The monoisotopic (exact) mass is 443 g/mol. The summed E-state index contributed by atoms with van der Waals surface area (Å²) in [5.74, 6) is 0.402. The number of aromatic amines is 1. The first-order chi connectivity index (χ1) is 15.5. The van der Waals surface area contributed by atoms with Crippen LogP contribution in [0.5, 0.6) is 5.75 Å². The van der Waals surface area contributed by atoms with E-state index in [1.165, 1.54) is 5.56 Å². The number of fused-ring (bicyclic) bond motifs is 1. The van der Waals surface area contributed by atoms with Gasteiger partial charge in [0.15, 0.2) is 18.1 Å². The lowest BCUT2D eigenvalue weighted by molar-refractivity contribution is -0.364. The van der Waals surface area contributed by atoms with Crippen LogP contribution < -0.4 is 4.89 Å². The summed E-state index contributed by atoms with van der Waals surface area (Å²) in [4.78, 5) is 14.0. The molecule has 1 fully saturated rings. The van der Waals surface area contributed by atoms with Crippen molar-refractivity contribution in [1.82, 2.24) is 4.98 Å². The minimum Gasteiger partial charge on any atom is -0.394 e. The molecule has 0 radical (unpaired) electrons. The van der Waals surface area contributed by atoms with Gasteiger partial charge in [0.05, 0.1) is 6.61 Å². The summed E-state index contributed by atoms with van der Waals surface area (Å²) in [6, 6.07) is 14.0. The highest BCUT2D eigenvalue weighted by atomic mass is 17.2. The number of aromatic nitrogens is 1. The highest BCUT2D eigenvalue weighted by molar-refractivity contribution is 5.89. The van der Waals surface area contributed by atoms with Crippen LogP contribution in [0.2, 0.25) is 0 Å². The minimum atomic E-state index is -1.57. The third-order valence-electron chi connectivity index (χ3n) is 5.80. The smallest absolute Gasteiger partial charge is 0.188 e. The van der Waals surface area contributed by atoms with Gasteiger partial charge in [0, 0.05) is 17.1 Å². The molecule has 0 amide bonds. The van der Waals surface area contributed by atoms with Gasteiger partial charge in [0.25, 0.3) is 0 Å². The van der Waals surface area contributed by atoms with Gasteiger partial charge in [-0.3, -0.25) is 0 Å². The number of nitrogens with one attached hydrogen (secondary N) is 1. The number of benzene rings is 2. The Hall–Kier alpha value is -2.46. The molecule has 32 heavy (non-hydrogen) atoms. The molecule has 2 heterocycles. The largest absolute Gasteiger partial charge is 0.394 e. The Labute approximate surface area is 185 Å². The number of rotatable bonds is 8. The van der Waals surface area contributed by atoms with Crippen LogP contribution in [-0.2, 0) is 22.5 Å². The molecule has 2 aromatic carbocycles. The molecule has 8 heteroatoms. The van der Waals surface area contributed by atoms with E-state index in [2.05, 4.69) is 36.2 Å². The number of hydrogen-bond donors (Lipinski definition) is 5. The Morgan fingerprint density at radius 3 is 2.47 bits per heavy atom. The van der Waals surface area contributed by atoms with Crippen molar-refractivity contribution in [2.75, 3.05) is 6.61 Å². The number of aliphatic hydroxyl groups excluding tert-OH is 4. The summed E-state index contributed by atoms with van der Waals surface area (Å²) in [6.45, 7) is 1.61. The maximum atomic E-state index is 10.3. The van der Waals surface area contributed by atoms with Crippen LogP contribution in [-0.4, -0.2) is 62.7 Å². The molecule has 3 aromatic rings. The molecule has 1 aliphatic rings. The predicted octanol–water partition coefficient (Wildman–Crippen LogP) is 1.82. The van der Waals surface area contributed by atoms with Crippen LogP contribution >= 0.6 is 0 Å². The van der Waals surface area contributed by atoms with Crippen molar-refractivity contribution in [2.24, 2.45) is 0 Å². The Kier molecular flexibility index (Phi) is 7.10. The quantitative estimate of drug-likeness (QED) is 0.266. The maximum absolute atomic E-state index is 10.3. The van der Waals surface area contributed by atoms with Gasteiger partial charge in [0.2, 0.25) is 0 Å². The zero-order valence-corrected chi connectivity index (χ0v) is 17.8. The Bertz CT molecular complexity index is 1020. The Morgan fingerprint density at radius 2 is 1.75 bits per heavy atom. The molecule has 8 nitrogen and oxygen atoms in total. The van der Waals surface area contributed by atoms with Crippen molar-refractivity contribution in [1.29, 1.82) is 0 Å². The van der Waals surface area contributed by atoms with Crippen LogP contribution in [0.15, 0.2) is 48.7 Å². The molecular formula is C24H29NO7. The summed E-state index contributed by atoms with van der Waals surface area (Å²) in [5.41, 5.74) is 4.32. The number of hydrogen-bond acceptors (Lipinski definition) is 7. The minimum absolute atomic E-state index is 0.402. The normalized spacial score (nSPS) is 25.8. The van der Waals surface area contributed by atoms with Crippen molar-refractivity contribution in [3.05, 3.63) is 65.4 Å². The molecular weight excluding hydrogens is 414 g/mol. The molecule has 1 saturated heterocycles. The highest BCUT2D eigenvalue weighted by Crippen LogP contribution is 2.32. The molecule has 0 spiro atoms. The summed E-state index contributed by atoms with van der Waals surface area (Å²) >= 11 is 0. The third-order valence-corrected chi connectivity index (χ3v) is 5.80. The topological polar surface area (TPSA) is 124 Å². The summed E-state index contributed by atoms with van der Waals surface area (Å²) in [6.07, 6.45) is -2.19. The van der Waals surface area contributed by atoms with E-state index in [1.54, 1.807) is 12.1 Å². The van der Waals surface area contributed by atoms with E-state index in [0.29, 0.717) is 12.2 Å². The van der Waals surface area contributed by atoms with Gasteiger partial charge in [0.1, 0.15) is 18.3 Å². The predicted molar refractivity (Wildman–Crippen MR) is 117 cm³/mol. The van der Waals surface area contributed by atoms with Crippen molar-refractivity contribution in [2.45, 2.75) is 56.9 Å². The summed E-state index contributed by atoms with van der Waals surface area (Å²) in [7, 11) is 0. The number of ether oxygens (including phenoxy) is 1. The van der Waals surface area contributed by atoms with Crippen LogP contribution in [0.4, 0.5) is 0 Å². The maximum Gasteiger partial charge on any atom is 0.188 e. The fraction of sp³-hybridized carbons (Fsp3) is 0.417. The van der Waals surface area contributed by atoms with Gasteiger partial charge in [-0.2, -0.15) is 4.89 Å². The van der Waals surface area contributed by atoms with E-state index >= 15 is 0 Å².